The molecule has 3 amide bonds. The van der Waals surface area contributed by atoms with E-state index in [9.17, 15) is 14.4 Å². The summed E-state index contributed by atoms with van der Waals surface area (Å²) in [6.45, 7) is 0.953. The van der Waals surface area contributed by atoms with Crippen molar-refractivity contribution in [1.29, 1.82) is 0 Å². The first-order valence-electron chi connectivity index (χ1n) is 11.5. The Hall–Kier alpha value is -3.15. The Balaban J connectivity index is 1.42. The molecule has 1 saturated heterocycles. The van der Waals surface area contributed by atoms with Crippen LogP contribution in [0.2, 0.25) is 0 Å². The van der Waals surface area contributed by atoms with Gasteiger partial charge < -0.3 is 15.1 Å². The summed E-state index contributed by atoms with van der Waals surface area (Å²) in [5.74, 6) is -0.655. The van der Waals surface area contributed by atoms with E-state index in [0.29, 0.717) is 24.3 Å². The van der Waals surface area contributed by atoms with Gasteiger partial charge in [0.15, 0.2) is 0 Å². The molecule has 1 N–H and O–H groups in total. The maximum absolute atomic E-state index is 13.1. The number of anilines is 1. The summed E-state index contributed by atoms with van der Waals surface area (Å²) >= 11 is 0. The van der Waals surface area contributed by atoms with Gasteiger partial charge in [-0.3, -0.25) is 14.4 Å². The molecule has 2 aromatic carbocycles. The molecule has 0 aromatic heterocycles. The monoisotopic (exact) mass is 433 g/mol. The first-order valence-corrected chi connectivity index (χ1v) is 11.5. The van der Waals surface area contributed by atoms with Crippen LogP contribution in [0.4, 0.5) is 5.69 Å². The molecule has 1 aliphatic carbocycles. The molecule has 1 unspecified atom stereocenters. The summed E-state index contributed by atoms with van der Waals surface area (Å²) in [4.78, 5) is 42.2. The molecule has 1 heterocycles. The van der Waals surface area contributed by atoms with Gasteiger partial charge in [0, 0.05) is 32.6 Å². The maximum Gasteiger partial charge on any atom is 0.256 e. The number of carbonyl (C=O) groups is 3. The van der Waals surface area contributed by atoms with Crippen molar-refractivity contribution < 1.29 is 14.4 Å². The molecule has 6 heteroatoms. The third-order valence-electron chi connectivity index (χ3n) is 6.57. The number of hydrogen-bond donors (Lipinski definition) is 1. The Kier molecular flexibility index (Phi) is 6.88. The van der Waals surface area contributed by atoms with Gasteiger partial charge in [0.1, 0.15) is 0 Å². The van der Waals surface area contributed by atoms with E-state index in [4.69, 9.17) is 0 Å². The molecule has 2 aromatic rings. The van der Waals surface area contributed by atoms with E-state index in [-0.39, 0.29) is 36.1 Å². The fourth-order valence-corrected chi connectivity index (χ4v) is 4.80. The summed E-state index contributed by atoms with van der Waals surface area (Å²) in [6, 6.07) is 17.1. The number of nitrogens with one attached hydrogen (secondary N) is 1. The summed E-state index contributed by atoms with van der Waals surface area (Å²) < 4.78 is 0. The maximum atomic E-state index is 13.1. The van der Waals surface area contributed by atoms with Crippen molar-refractivity contribution >= 4 is 23.4 Å². The molecule has 0 radical (unpaired) electrons. The topological polar surface area (TPSA) is 69.7 Å². The van der Waals surface area contributed by atoms with E-state index >= 15 is 0 Å². The predicted octanol–water partition coefficient (Wildman–Crippen LogP) is 4.08. The van der Waals surface area contributed by atoms with E-state index in [1.807, 2.05) is 35.2 Å². The second-order valence-electron chi connectivity index (χ2n) is 8.92. The van der Waals surface area contributed by atoms with Gasteiger partial charge in [0.25, 0.3) is 5.91 Å². The minimum atomic E-state index is -0.380. The number of rotatable bonds is 6. The zero-order valence-electron chi connectivity index (χ0n) is 18.6. The zero-order chi connectivity index (χ0) is 22.5. The highest BCUT2D eigenvalue weighted by atomic mass is 16.2. The van der Waals surface area contributed by atoms with Crippen LogP contribution in [0, 0.1) is 5.92 Å². The molecule has 6 nitrogen and oxygen atoms in total. The lowest BCUT2D eigenvalue weighted by Gasteiger charge is -2.31. The van der Waals surface area contributed by atoms with Gasteiger partial charge in [-0.1, -0.05) is 61.7 Å². The van der Waals surface area contributed by atoms with Crippen LogP contribution in [0.15, 0.2) is 54.6 Å². The van der Waals surface area contributed by atoms with Crippen molar-refractivity contribution in [1.82, 2.24) is 9.80 Å². The standard InChI is InChI=1S/C26H31N3O3/c1-28(17-19-10-4-2-5-11-19)26(32)22-14-8-9-15-23(22)27-25(31)20-16-24(30)29(18-20)21-12-6-3-7-13-21/h2,4-5,8-11,14-15,20-21H,3,6-7,12-13,16-18H2,1H3,(H,27,31). The first kappa shape index (κ1) is 22.1. The number of nitrogens with zero attached hydrogens (tertiary/aromatic N) is 2. The summed E-state index contributed by atoms with van der Waals surface area (Å²) in [7, 11) is 1.76. The van der Waals surface area contributed by atoms with Crippen LogP contribution in [0.1, 0.15) is 54.4 Å². The summed E-state index contributed by atoms with van der Waals surface area (Å²) in [6.07, 6.45) is 5.84. The molecule has 168 valence electrons. The lowest BCUT2D eigenvalue weighted by Crippen LogP contribution is -2.38. The quantitative estimate of drug-likeness (QED) is 0.746. The van der Waals surface area contributed by atoms with E-state index in [2.05, 4.69) is 5.32 Å². The number of amides is 3. The van der Waals surface area contributed by atoms with Crippen molar-refractivity contribution in [2.24, 2.45) is 5.92 Å². The van der Waals surface area contributed by atoms with Crippen LogP contribution in [0.5, 0.6) is 0 Å². The molecule has 2 fully saturated rings. The van der Waals surface area contributed by atoms with Crippen LogP contribution >= 0.6 is 0 Å². The van der Waals surface area contributed by atoms with Gasteiger partial charge in [-0.25, -0.2) is 0 Å². The second kappa shape index (κ2) is 9.98. The lowest BCUT2D eigenvalue weighted by atomic mass is 9.94. The highest BCUT2D eigenvalue weighted by molar-refractivity contribution is 6.05. The fourth-order valence-electron chi connectivity index (χ4n) is 4.80. The highest BCUT2D eigenvalue weighted by Gasteiger charge is 2.38. The number of hydrogen-bond acceptors (Lipinski definition) is 3. The molecule has 32 heavy (non-hydrogen) atoms. The first-order chi connectivity index (χ1) is 15.5. The van der Waals surface area contributed by atoms with E-state index in [1.165, 1.54) is 6.42 Å². The molecule has 1 atom stereocenters. The van der Waals surface area contributed by atoms with Gasteiger partial charge in [-0.2, -0.15) is 0 Å². The highest BCUT2D eigenvalue weighted by Crippen LogP contribution is 2.29. The van der Waals surface area contributed by atoms with Crippen LogP contribution in [-0.4, -0.2) is 47.2 Å². The van der Waals surface area contributed by atoms with E-state index < -0.39 is 0 Å². The molecule has 4 rings (SSSR count). The van der Waals surface area contributed by atoms with Crippen LogP contribution < -0.4 is 5.32 Å². The minimum Gasteiger partial charge on any atom is -0.339 e. The number of likely N-dealkylation sites (tertiary alicyclic amines) is 1. The summed E-state index contributed by atoms with van der Waals surface area (Å²) in [5, 5.41) is 2.93. The Morgan fingerprint density at radius 2 is 1.69 bits per heavy atom. The molecule has 1 saturated carbocycles. The number of carbonyl (C=O) groups excluding carboxylic acids is 3. The van der Waals surface area contributed by atoms with E-state index in [0.717, 1.165) is 31.2 Å². The van der Waals surface area contributed by atoms with Crippen LogP contribution in [0.25, 0.3) is 0 Å². The normalized spacial score (nSPS) is 19.1. The van der Waals surface area contributed by atoms with Crippen molar-refractivity contribution in [2.75, 3.05) is 18.9 Å². The van der Waals surface area contributed by atoms with Crippen molar-refractivity contribution in [3.63, 3.8) is 0 Å². The van der Waals surface area contributed by atoms with Gasteiger partial charge in [0.2, 0.25) is 11.8 Å². The zero-order valence-corrected chi connectivity index (χ0v) is 18.6. The third-order valence-corrected chi connectivity index (χ3v) is 6.57. The summed E-state index contributed by atoms with van der Waals surface area (Å²) in [5.41, 5.74) is 1.98. The SMILES string of the molecule is CN(Cc1ccccc1)C(=O)c1ccccc1NC(=O)C1CC(=O)N(C2CCCCC2)C1. The largest absolute Gasteiger partial charge is 0.339 e. The Morgan fingerprint density at radius 1 is 1.00 bits per heavy atom. The molecular weight excluding hydrogens is 402 g/mol. The molecule has 1 aliphatic heterocycles. The minimum absolute atomic E-state index is 0.0732. The Morgan fingerprint density at radius 3 is 2.44 bits per heavy atom. The smallest absolute Gasteiger partial charge is 0.256 e. The van der Waals surface area contributed by atoms with Crippen molar-refractivity contribution in [3.05, 3.63) is 65.7 Å². The lowest BCUT2D eigenvalue weighted by molar-refractivity contribution is -0.130. The van der Waals surface area contributed by atoms with Gasteiger partial charge in [-0.15, -0.1) is 0 Å². The predicted molar refractivity (Wildman–Crippen MR) is 124 cm³/mol. The molecular formula is C26H31N3O3. The average molecular weight is 434 g/mol. The van der Waals surface area contributed by atoms with Gasteiger partial charge >= 0.3 is 0 Å². The second-order valence-corrected chi connectivity index (χ2v) is 8.92. The van der Waals surface area contributed by atoms with Crippen molar-refractivity contribution in [3.8, 4) is 0 Å². The van der Waals surface area contributed by atoms with Gasteiger partial charge in [0.05, 0.1) is 17.2 Å². The molecule has 0 spiro atoms. The molecule has 2 aliphatic rings. The number of para-hydroxylation sites is 1. The van der Waals surface area contributed by atoms with Gasteiger partial charge in [-0.05, 0) is 30.5 Å². The third kappa shape index (κ3) is 5.01. The Labute approximate surface area is 189 Å². The van der Waals surface area contributed by atoms with Crippen molar-refractivity contribution in [2.45, 2.75) is 51.1 Å². The van der Waals surface area contributed by atoms with Crippen LogP contribution in [-0.2, 0) is 16.1 Å². The van der Waals surface area contributed by atoms with E-state index in [1.54, 1.807) is 36.2 Å². The number of benzene rings is 2. The Bertz CT molecular complexity index is 969. The van der Waals surface area contributed by atoms with Crippen LogP contribution in [0.3, 0.4) is 0 Å². The average Bonchev–Trinajstić information content (AvgIpc) is 3.22. The molecule has 0 bridgehead atoms. The fraction of sp³-hybridized carbons (Fsp3) is 0.423.